The molecule has 2 aromatic carbocycles. The predicted octanol–water partition coefficient (Wildman–Crippen LogP) is 6.08. The first-order valence-corrected chi connectivity index (χ1v) is 8.06. The summed E-state index contributed by atoms with van der Waals surface area (Å²) in [5.41, 5.74) is 1.25. The van der Waals surface area contributed by atoms with Crippen molar-refractivity contribution in [3.63, 3.8) is 0 Å². The van der Waals surface area contributed by atoms with Crippen molar-refractivity contribution in [2.75, 3.05) is 6.61 Å². The van der Waals surface area contributed by atoms with Crippen molar-refractivity contribution in [2.45, 2.75) is 12.3 Å². The van der Waals surface area contributed by atoms with E-state index in [-0.39, 0.29) is 5.82 Å². The third kappa shape index (κ3) is 3.54. The van der Waals surface area contributed by atoms with Crippen LogP contribution in [0.4, 0.5) is 4.39 Å². The molecule has 0 amide bonds. The summed E-state index contributed by atoms with van der Waals surface area (Å²) >= 11 is 13.1. The Hall–Kier alpha value is -0.580. The molecule has 0 aromatic heterocycles. The van der Waals surface area contributed by atoms with Crippen LogP contribution in [0.1, 0.15) is 23.4 Å². The van der Waals surface area contributed by atoms with E-state index in [9.17, 15) is 4.39 Å². The molecule has 0 N–H and O–H groups in total. The van der Waals surface area contributed by atoms with Crippen LogP contribution in [0.5, 0.6) is 5.75 Å². The number of ether oxygens (including phenoxy) is 1. The highest BCUT2D eigenvalue weighted by Gasteiger charge is 2.18. The van der Waals surface area contributed by atoms with Crippen LogP contribution in [-0.4, -0.2) is 6.61 Å². The van der Waals surface area contributed by atoms with Gasteiger partial charge in [0.25, 0.3) is 0 Å². The maximum Gasteiger partial charge on any atom is 0.129 e. The minimum Gasteiger partial charge on any atom is -0.494 e. The molecular formula is C15H12Br2ClFO. The van der Waals surface area contributed by atoms with Crippen molar-refractivity contribution in [3.8, 4) is 5.75 Å². The van der Waals surface area contributed by atoms with Gasteiger partial charge in [-0.15, -0.1) is 11.6 Å². The van der Waals surface area contributed by atoms with Crippen LogP contribution >= 0.6 is 43.5 Å². The molecule has 5 heteroatoms. The fourth-order valence-electron chi connectivity index (χ4n) is 1.84. The largest absolute Gasteiger partial charge is 0.494 e. The van der Waals surface area contributed by atoms with Gasteiger partial charge in [-0.2, -0.15) is 0 Å². The Kier molecular flexibility index (Phi) is 5.47. The van der Waals surface area contributed by atoms with Gasteiger partial charge in [-0.3, -0.25) is 0 Å². The van der Waals surface area contributed by atoms with Gasteiger partial charge >= 0.3 is 0 Å². The number of benzene rings is 2. The van der Waals surface area contributed by atoms with Crippen LogP contribution in [0.25, 0.3) is 0 Å². The normalized spacial score (nSPS) is 12.2. The Morgan fingerprint density at radius 1 is 1.15 bits per heavy atom. The molecule has 0 saturated heterocycles. The molecular weight excluding hydrogens is 410 g/mol. The molecule has 0 fully saturated rings. The third-order valence-electron chi connectivity index (χ3n) is 2.79. The van der Waals surface area contributed by atoms with Crippen molar-refractivity contribution in [1.29, 1.82) is 0 Å². The van der Waals surface area contributed by atoms with Crippen LogP contribution in [0.15, 0.2) is 45.3 Å². The van der Waals surface area contributed by atoms with E-state index in [0.29, 0.717) is 16.6 Å². The molecule has 2 aromatic rings. The molecule has 0 aliphatic heterocycles. The summed E-state index contributed by atoms with van der Waals surface area (Å²) < 4.78 is 20.9. The SMILES string of the molecule is CCOc1ccc(C(Cl)c2ccc(Br)cc2F)c(Br)c1. The first-order chi connectivity index (χ1) is 9.52. The molecule has 0 radical (unpaired) electrons. The molecule has 0 spiro atoms. The molecule has 20 heavy (non-hydrogen) atoms. The van der Waals surface area contributed by atoms with Crippen molar-refractivity contribution < 1.29 is 9.13 Å². The molecule has 106 valence electrons. The zero-order valence-corrected chi connectivity index (χ0v) is 14.6. The molecule has 1 atom stereocenters. The van der Waals surface area contributed by atoms with Crippen LogP contribution in [0, 0.1) is 5.82 Å². The summed E-state index contributed by atoms with van der Waals surface area (Å²) in [5.74, 6) is 0.420. The highest BCUT2D eigenvalue weighted by atomic mass is 79.9. The Labute approximate surface area is 139 Å². The number of hydrogen-bond donors (Lipinski definition) is 0. The van der Waals surface area contributed by atoms with Gasteiger partial charge in [0.15, 0.2) is 0 Å². The van der Waals surface area contributed by atoms with Gasteiger partial charge in [-0.05, 0) is 36.8 Å². The molecule has 2 rings (SSSR count). The number of halogens is 4. The van der Waals surface area contributed by atoms with Crippen molar-refractivity contribution in [3.05, 3.63) is 62.3 Å². The Morgan fingerprint density at radius 2 is 1.85 bits per heavy atom. The lowest BCUT2D eigenvalue weighted by Crippen LogP contribution is -1.99. The second-order valence-electron chi connectivity index (χ2n) is 4.14. The first-order valence-electron chi connectivity index (χ1n) is 6.04. The fraction of sp³-hybridized carbons (Fsp3) is 0.200. The standard InChI is InChI=1S/C15H12Br2ClFO/c1-2-20-10-4-6-11(13(17)8-10)15(18)12-5-3-9(16)7-14(12)19/h3-8,15H,2H2,1H3. The summed E-state index contributed by atoms with van der Waals surface area (Å²) in [7, 11) is 0. The maximum absolute atomic E-state index is 14.0. The average Bonchev–Trinajstić information content (AvgIpc) is 2.38. The molecule has 0 saturated carbocycles. The fourth-order valence-corrected chi connectivity index (χ4v) is 3.26. The van der Waals surface area contributed by atoms with E-state index in [2.05, 4.69) is 31.9 Å². The highest BCUT2D eigenvalue weighted by molar-refractivity contribution is 9.10. The molecule has 0 heterocycles. The molecule has 1 unspecified atom stereocenters. The van der Waals surface area contributed by atoms with Gasteiger partial charge < -0.3 is 4.74 Å². The minimum atomic E-state index is -0.562. The van der Waals surface area contributed by atoms with Gasteiger partial charge in [0.2, 0.25) is 0 Å². The summed E-state index contributed by atoms with van der Waals surface area (Å²) in [6, 6.07) is 10.4. The number of hydrogen-bond acceptors (Lipinski definition) is 1. The van der Waals surface area contributed by atoms with Gasteiger partial charge in [0, 0.05) is 14.5 Å². The number of alkyl halides is 1. The molecule has 1 nitrogen and oxygen atoms in total. The molecule has 0 aliphatic carbocycles. The summed E-state index contributed by atoms with van der Waals surface area (Å²) in [6.07, 6.45) is 0. The van der Waals surface area contributed by atoms with E-state index >= 15 is 0 Å². The van der Waals surface area contributed by atoms with Crippen LogP contribution < -0.4 is 4.74 Å². The second kappa shape index (κ2) is 6.92. The lowest BCUT2D eigenvalue weighted by atomic mass is 10.0. The quantitative estimate of drug-likeness (QED) is 0.543. The zero-order chi connectivity index (χ0) is 14.7. The zero-order valence-electron chi connectivity index (χ0n) is 10.7. The minimum absolute atomic E-state index is 0.333. The predicted molar refractivity (Wildman–Crippen MR) is 87.1 cm³/mol. The topological polar surface area (TPSA) is 9.23 Å². The highest BCUT2D eigenvalue weighted by Crippen LogP contribution is 2.37. The summed E-state index contributed by atoms with van der Waals surface area (Å²) in [5, 5.41) is -0.562. The van der Waals surface area contributed by atoms with Gasteiger partial charge in [0.1, 0.15) is 11.6 Å². The Bertz CT molecular complexity index is 619. The van der Waals surface area contributed by atoms with Crippen LogP contribution in [0.2, 0.25) is 0 Å². The second-order valence-corrected chi connectivity index (χ2v) is 6.35. The van der Waals surface area contributed by atoms with Crippen molar-refractivity contribution >= 4 is 43.5 Å². The number of rotatable bonds is 4. The van der Waals surface area contributed by atoms with E-state index < -0.39 is 5.38 Å². The van der Waals surface area contributed by atoms with Crippen molar-refractivity contribution in [2.24, 2.45) is 0 Å². The maximum atomic E-state index is 14.0. The van der Waals surface area contributed by atoms with E-state index in [1.54, 1.807) is 12.1 Å². The smallest absolute Gasteiger partial charge is 0.129 e. The lowest BCUT2D eigenvalue weighted by molar-refractivity contribution is 0.340. The van der Waals surface area contributed by atoms with E-state index in [0.717, 1.165) is 15.8 Å². The van der Waals surface area contributed by atoms with Gasteiger partial charge in [-0.1, -0.05) is 44.0 Å². The van der Waals surface area contributed by atoms with Gasteiger partial charge in [-0.25, -0.2) is 4.39 Å². The summed E-state index contributed by atoms with van der Waals surface area (Å²) in [4.78, 5) is 0. The Balaban J connectivity index is 2.35. The van der Waals surface area contributed by atoms with E-state index in [1.807, 2.05) is 25.1 Å². The van der Waals surface area contributed by atoms with Crippen molar-refractivity contribution in [1.82, 2.24) is 0 Å². The molecule has 0 aliphatic rings. The monoisotopic (exact) mass is 420 g/mol. The van der Waals surface area contributed by atoms with Gasteiger partial charge in [0.05, 0.1) is 12.0 Å². The van der Waals surface area contributed by atoms with E-state index in [4.69, 9.17) is 16.3 Å². The van der Waals surface area contributed by atoms with E-state index in [1.165, 1.54) is 6.07 Å². The Morgan fingerprint density at radius 3 is 2.45 bits per heavy atom. The van der Waals surface area contributed by atoms with Crippen LogP contribution in [-0.2, 0) is 0 Å². The third-order valence-corrected chi connectivity index (χ3v) is 4.44. The average molecular weight is 423 g/mol. The molecule has 0 bridgehead atoms. The first kappa shape index (κ1) is 15.8. The summed E-state index contributed by atoms with van der Waals surface area (Å²) in [6.45, 7) is 2.51. The lowest BCUT2D eigenvalue weighted by Gasteiger charge is -2.14. The van der Waals surface area contributed by atoms with Crippen LogP contribution in [0.3, 0.4) is 0 Å².